The zero-order valence-electron chi connectivity index (χ0n) is 29.9. The van der Waals surface area contributed by atoms with E-state index in [1.54, 1.807) is 12.1 Å². The van der Waals surface area contributed by atoms with Crippen LogP contribution in [-0.2, 0) is 24.0 Å². The number of likely N-dealkylation sites (tertiary alicyclic amines) is 1. The number of ketones is 2. The van der Waals surface area contributed by atoms with Crippen molar-refractivity contribution in [2.24, 2.45) is 5.92 Å². The topological polar surface area (TPSA) is 189 Å². The maximum Gasteiger partial charge on any atom is 0.272 e. The van der Waals surface area contributed by atoms with E-state index >= 15 is 0 Å². The fourth-order valence-electron chi connectivity index (χ4n) is 6.86. The first-order valence-corrected chi connectivity index (χ1v) is 19.1. The van der Waals surface area contributed by atoms with Gasteiger partial charge in [0, 0.05) is 35.9 Å². The number of amides is 4. The second kappa shape index (κ2) is 18.8. The summed E-state index contributed by atoms with van der Waals surface area (Å²) in [6.45, 7) is 3.19. The van der Waals surface area contributed by atoms with E-state index in [2.05, 4.69) is 31.2 Å². The Hall–Kier alpha value is -4.14. The molecule has 0 bridgehead atoms. The van der Waals surface area contributed by atoms with Crippen LogP contribution >= 0.6 is 23.2 Å². The molecule has 5 atom stereocenters. The molecule has 0 spiro atoms. The number of hydrogen-bond donors (Lipinski definition) is 4. The molecule has 1 saturated heterocycles. The molecule has 2 aromatic rings. The number of benzene rings is 1. The van der Waals surface area contributed by atoms with Crippen LogP contribution in [0.2, 0.25) is 10.0 Å². The average molecular weight is 773 g/mol. The Morgan fingerprint density at radius 2 is 1.74 bits per heavy atom. The fourth-order valence-corrected chi connectivity index (χ4v) is 7.19. The fraction of sp³-hybridized carbons (Fsp3) is 0.568. The molecule has 3 fully saturated rings. The molecule has 4 N–H and O–H groups in total. The first-order chi connectivity index (χ1) is 25.4. The summed E-state index contributed by atoms with van der Waals surface area (Å²) in [6, 6.07) is 0.688. The third-order valence-corrected chi connectivity index (χ3v) is 10.4. The summed E-state index contributed by atoms with van der Waals surface area (Å²) in [5.41, 5.74) is 0.0581. The summed E-state index contributed by atoms with van der Waals surface area (Å²) in [4.78, 5) is 90.3. The Kier molecular flexibility index (Phi) is 14.2. The van der Waals surface area contributed by atoms with Crippen LogP contribution in [0, 0.1) is 5.92 Å². The van der Waals surface area contributed by atoms with E-state index in [1.165, 1.54) is 36.5 Å². The summed E-state index contributed by atoms with van der Waals surface area (Å²) in [5, 5.41) is 12.0. The molecule has 1 aromatic heterocycles. The molecule has 3 aliphatic rings. The molecule has 1 aromatic carbocycles. The van der Waals surface area contributed by atoms with Crippen LogP contribution in [0.1, 0.15) is 88.5 Å². The molecule has 0 radical (unpaired) electrons. The van der Waals surface area contributed by atoms with E-state index in [1.807, 2.05) is 6.92 Å². The van der Waals surface area contributed by atoms with E-state index in [4.69, 9.17) is 27.9 Å². The van der Waals surface area contributed by atoms with Gasteiger partial charge in [0.2, 0.25) is 29.3 Å². The SMILES string of the molecule is CCC[C@H](NC(=O)C1C[C@@H](Oc2cc(Cl)ccc2Cl)CN1C(=O)[C@H](C)NC(=O)[C@@H](NC(=O)c1cnccn1)C1CCCCC1)C(=O)C(=O)CNC1CC1. The number of nitrogens with zero attached hydrogens (tertiary/aromatic N) is 3. The maximum absolute atomic E-state index is 14.2. The smallest absolute Gasteiger partial charge is 0.272 e. The molecule has 16 heteroatoms. The van der Waals surface area contributed by atoms with Crippen molar-refractivity contribution in [1.29, 1.82) is 0 Å². The standard InChI is InChI=1S/C37H47Cl2N7O7/c1-3-7-27(33(48)30(47)19-42-24-11-12-24)44-35(50)29-17-25(53-31-16-23(38)10-13-26(31)39)20-46(29)37(52)21(2)43-36(51)32(22-8-5-4-6-9-22)45-34(49)28-18-40-14-15-41-28/h10,13-16,18,21-22,24-25,27,29,32,42H,3-9,11-12,17,19-20H2,1-2H3,(H,43,51)(H,44,50)(H,45,49)/t21-,25+,27-,29?,32-/m0/s1. The number of carbonyl (C=O) groups is 6. The number of carbonyl (C=O) groups excluding carboxylic acids is 6. The summed E-state index contributed by atoms with van der Waals surface area (Å²) >= 11 is 12.5. The van der Waals surface area contributed by atoms with Gasteiger partial charge in [-0.25, -0.2) is 4.98 Å². The van der Waals surface area contributed by atoms with Gasteiger partial charge >= 0.3 is 0 Å². The summed E-state index contributed by atoms with van der Waals surface area (Å²) in [5.74, 6) is -3.54. The molecular weight excluding hydrogens is 725 g/mol. The minimum Gasteiger partial charge on any atom is -0.487 e. The Balaban J connectivity index is 1.32. The zero-order chi connectivity index (χ0) is 38.1. The van der Waals surface area contributed by atoms with E-state index in [9.17, 15) is 28.8 Å². The van der Waals surface area contributed by atoms with E-state index in [0.717, 1.165) is 44.9 Å². The lowest BCUT2D eigenvalue weighted by atomic mass is 9.83. The molecule has 5 rings (SSSR count). The highest BCUT2D eigenvalue weighted by molar-refractivity contribution is 6.40. The molecule has 2 heterocycles. The van der Waals surface area contributed by atoms with Crippen molar-refractivity contribution in [1.82, 2.24) is 36.1 Å². The average Bonchev–Trinajstić information content (AvgIpc) is 3.90. The van der Waals surface area contributed by atoms with Crippen LogP contribution in [0.15, 0.2) is 36.8 Å². The lowest BCUT2D eigenvalue weighted by Crippen LogP contribution is -2.58. The van der Waals surface area contributed by atoms with Crippen molar-refractivity contribution >= 4 is 58.4 Å². The lowest BCUT2D eigenvalue weighted by molar-refractivity contribution is -0.143. The summed E-state index contributed by atoms with van der Waals surface area (Å²) in [7, 11) is 0. The minimum absolute atomic E-state index is 0.0319. The van der Waals surface area contributed by atoms with Gasteiger partial charge in [0.05, 0.1) is 30.4 Å². The minimum atomic E-state index is -1.12. The summed E-state index contributed by atoms with van der Waals surface area (Å²) < 4.78 is 6.14. The van der Waals surface area contributed by atoms with Gasteiger partial charge in [-0.1, -0.05) is 55.8 Å². The van der Waals surface area contributed by atoms with Gasteiger partial charge in [0.25, 0.3) is 5.91 Å². The Labute approximate surface area is 318 Å². The van der Waals surface area contributed by atoms with Crippen molar-refractivity contribution in [3.05, 3.63) is 52.5 Å². The first kappa shape index (κ1) is 40.1. The number of hydrogen-bond acceptors (Lipinski definition) is 10. The Morgan fingerprint density at radius 1 is 0.981 bits per heavy atom. The molecule has 2 aliphatic carbocycles. The number of nitrogens with one attached hydrogen (secondary N) is 4. The zero-order valence-corrected chi connectivity index (χ0v) is 31.5. The molecule has 14 nitrogen and oxygen atoms in total. The second-order valence-electron chi connectivity index (χ2n) is 14.0. The molecule has 286 valence electrons. The number of Topliss-reactive ketones (excluding diaryl/α,β-unsaturated/α-hetero) is 2. The van der Waals surface area contributed by atoms with Crippen LogP contribution in [0.5, 0.6) is 5.75 Å². The molecule has 4 amide bonds. The second-order valence-corrected chi connectivity index (χ2v) is 14.9. The van der Waals surface area contributed by atoms with Gasteiger partial charge in [0.1, 0.15) is 35.7 Å². The van der Waals surface area contributed by atoms with Gasteiger partial charge in [-0.15, -0.1) is 0 Å². The third-order valence-electron chi connectivity index (χ3n) is 9.86. The highest BCUT2D eigenvalue weighted by Crippen LogP contribution is 2.32. The summed E-state index contributed by atoms with van der Waals surface area (Å²) in [6.07, 6.45) is 10.4. The predicted molar refractivity (Wildman–Crippen MR) is 196 cm³/mol. The van der Waals surface area contributed by atoms with Gasteiger partial charge < -0.3 is 30.9 Å². The van der Waals surface area contributed by atoms with Gasteiger partial charge in [-0.2, -0.15) is 0 Å². The highest BCUT2D eigenvalue weighted by atomic mass is 35.5. The molecule has 1 unspecified atom stereocenters. The molecule has 2 saturated carbocycles. The van der Waals surface area contributed by atoms with Gasteiger partial charge in [0.15, 0.2) is 0 Å². The first-order valence-electron chi connectivity index (χ1n) is 18.3. The van der Waals surface area contributed by atoms with Crippen molar-refractivity contribution in [3.8, 4) is 5.75 Å². The third kappa shape index (κ3) is 11.0. The van der Waals surface area contributed by atoms with Crippen LogP contribution in [0.25, 0.3) is 0 Å². The predicted octanol–water partition coefficient (Wildman–Crippen LogP) is 3.19. The molecule has 53 heavy (non-hydrogen) atoms. The maximum atomic E-state index is 14.2. The normalized spacial score (nSPS) is 20.5. The van der Waals surface area contributed by atoms with Gasteiger partial charge in [-0.3, -0.25) is 33.8 Å². The van der Waals surface area contributed by atoms with Crippen molar-refractivity contribution < 1.29 is 33.5 Å². The van der Waals surface area contributed by atoms with Crippen molar-refractivity contribution in [3.63, 3.8) is 0 Å². The number of halogens is 2. The molecular formula is C37H47Cl2N7O7. The van der Waals surface area contributed by atoms with Crippen molar-refractivity contribution in [2.75, 3.05) is 13.1 Å². The molecule has 1 aliphatic heterocycles. The van der Waals surface area contributed by atoms with Crippen molar-refractivity contribution in [2.45, 2.75) is 114 Å². The van der Waals surface area contributed by atoms with Crippen LogP contribution in [0.4, 0.5) is 0 Å². The number of rotatable bonds is 17. The number of ether oxygens (including phenoxy) is 1. The van der Waals surface area contributed by atoms with Crippen LogP contribution in [0.3, 0.4) is 0 Å². The van der Waals surface area contributed by atoms with Gasteiger partial charge in [-0.05, 0) is 57.1 Å². The lowest BCUT2D eigenvalue weighted by Gasteiger charge is -2.32. The van der Waals surface area contributed by atoms with Crippen LogP contribution in [-0.4, -0.2) is 99.5 Å². The quantitative estimate of drug-likeness (QED) is 0.174. The highest BCUT2D eigenvalue weighted by Gasteiger charge is 2.44. The number of aromatic nitrogens is 2. The Morgan fingerprint density at radius 3 is 2.42 bits per heavy atom. The van der Waals surface area contributed by atoms with E-state index in [0.29, 0.717) is 11.4 Å². The van der Waals surface area contributed by atoms with E-state index in [-0.39, 0.29) is 54.4 Å². The van der Waals surface area contributed by atoms with E-state index < -0.39 is 65.5 Å². The largest absolute Gasteiger partial charge is 0.487 e. The Bertz CT molecular complexity index is 1660. The monoisotopic (exact) mass is 771 g/mol. The van der Waals surface area contributed by atoms with Crippen LogP contribution < -0.4 is 26.0 Å².